The average Bonchev–Trinajstić information content (AvgIpc) is 2.18. The molecular formula is C11H13N3. The molecule has 0 saturated carbocycles. The average molecular weight is 187 g/mol. The summed E-state index contributed by atoms with van der Waals surface area (Å²) in [4.78, 5) is 3.95. The molecule has 1 heterocycles. The van der Waals surface area contributed by atoms with Gasteiger partial charge in [-0.3, -0.25) is 0 Å². The first-order valence-electron chi connectivity index (χ1n) is 4.47. The van der Waals surface area contributed by atoms with Gasteiger partial charge in [-0.15, -0.1) is 6.58 Å². The molecule has 0 aliphatic rings. The fourth-order valence-corrected chi connectivity index (χ4v) is 0.985. The summed E-state index contributed by atoms with van der Waals surface area (Å²) < 4.78 is 0. The number of pyridine rings is 1. The maximum absolute atomic E-state index is 8.53. The van der Waals surface area contributed by atoms with Crippen molar-refractivity contribution in [1.29, 1.82) is 5.26 Å². The normalized spacial score (nSPS) is 9.14. The number of anilines is 1. The highest BCUT2D eigenvalue weighted by molar-refractivity contribution is 5.42. The summed E-state index contributed by atoms with van der Waals surface area (Å²) in [5.74, 6) is 0. The van der Waals surface area contributed by atoms with E-state index in [2.05, 4.69) is 16.9 Å². The molecule has 0 fully saturated rings. The fraction of sp³-hybridized carbons (Fsp3) is 0.273. The Hall–Kier alpha value is -1.82. The highest BCUT2D eigenvalue weighted by Crippen LogP contribution is 2.06. The van der Waals surface area contributed by atoms with Gasteiger partial charge in [0.2, 0.25) is 0 Å². The van der Waals surface area contributed by atoms with E-state index in [-0.39, 0.29) is 0 Å². The van der Waals surface area contributed by atoms with E-state index in [0.29, 0.717) is 5.69 Å². The first-order valence-corrected chi connectivity index (χ1v) is 4.47. The highest BCUT2D eigenvalue weighted by Gasteiger charge is 1.93. The predicted octanol–water partition coefficient (Wildman–Crippen LogP) is 2.33. The third-order valence-corrected chi connectivity index (χ3v) is 1.76. The lowest BCUT2D eigenvalue weighted by molar-refractivity contribution is 0.999. The predicted molar refractivity (Wildman–Crippen MR) is 56.9 cm³/mol. The van der Waals surface area contributed by atoms with Crippen molar-refractivity contribution in [2.75, 3.05) is 11.9 Å². The van der Waals surface area contributed by atoms with Crippen LogP contribution in [0, 0.1) is 11.3 Å². The number of nitrogens with zero attached hydrogens (tertiary/aromatic N) is 2. The van der Waals surface area contributed by atoms with Gasteiger partial charge >= 0.3 is 0 Å². The van der Waals surface area contributed by atoms with Gasteiger partial charge in [0.15, 0.2) is 0 Å². The highest BCUT2D eigenvalue weighted by atomic mass is 14.9. The molecule has 0 atom stereocenters. The Labute approximate surface area is 84.1 Å². The number of aromatic nitrogens is 1. The molecule has 72 valence electrons. The molecule has 0 aliphatic heterocycles. The summed E-state index contributed by atoms with van der Waals surface area (Å²) in [6, 6.07) is 5.52. The lowest BCUT2D eigenvalue weighted by Crippen LogP contribution is -2.01. The Balaban J connectivity index is 2.45. The smallest absolute Gasteiger partial charge is 0.140 e. The molecule has 0 aliphatic carbocycles. The van der Waals surface area contributed by atoms with Gasteiger partial charge < -0.3 is 5.32 Å². The van der Waals surface area contributed by atoms with Crippen molar-refractivity contribution in [3.63, 3.8) is 0 Å². The molecule has 1 aromatic rings. The van der Waals surface area contributed by atoms with E-state index in [1.165, 1.54) is 0 Å². The van der Waals surface area contributed by atoms with E-state index in [1.807, 2.05) is 19.1 Å². The molecule has 0 amide bonds. The Morgan fingerprint density at radius 3 is 2.93 bits per heavy atom. The molecular weight excluding hydrogens is 174 g/mol. The number of nitriles is 1. The standard InChI is InChI=1S/C11H13N3/c1-9(2)5-6-13-11-4-3-10(7-12)14-8-11/h3-4,8,13H,1,5-6H2,2H3. The van der Waals surface area contributed by atoms with E-state index in [9.17, 15) is 0 Å². The monoisotopic (exact) mass is 187 g/mol. The molecule has 1 N–H and O–H groups in total. The summed E-state index contributed by atoms with van der Waals surface area (Å²) in [7, 11) is 0. The molecule has 0 saturated heterocycles. The van der Waals surface area contributed by atoms with E-state index < -0.39 is 0 Å². The Bertz CT molecular complexity index is 346. The van der Waals surface area contributed by atoms with E-state index in [4.69, 9.17) is 5.26 Å². The molecule has 3 heteroatoms. The van der Waals surface area contributed by atoms with Crippen LogP contribution < -0.4 is 5.32 Å². The zero-order valence-electron chi connectivity index (χ0n) is 8.25. The van der Waals surface area contributed by atoms with Crippen molar-refractivity contribution in [3.05, 3.63) is 36.2 Å². The summed E-state index contributed by atoms with van der Waals surface area (Å²) in [6.45, 7) is 6.66. The van der Waals surface area contributed by atoms with Crippen molar-refractivity contribution in [3.8, 4) is 6.07 Å². The quantitative estimate of drug-likeness (QED) is 0.736. The fourth-order valence-electron chi connectivity index (χ4n) is 0.985. The lowest BCUT2D eigenvalue weighted by atomic mass is 10.2. The van der Waals surface area contributed by atoms with Gasteiger partial charge in [0.1, 0.15) is 11.8 Å². The van der Waals surface area contributed by atoms with Crippen LogP contribution in [0.25, 0.3) is 0 Å². The van der Waals surface area contributed by atoms with Gasteiger partial charge in [-0.05, 0) is 25.5 Å². The maximum atomic E-state index is 8.53. The SMILES string of the molecule is C=C(C)CCNc1ccc(C#N)nc1. The van der Waals surface area contributed by atoms with Crippen LogP contribution in [0.5, 0.6) is 0 Å². The van der Waals surface area contributed by atoms with Crippen LogP contribution in [-0.4, -0.2) is 11.5 Å². The zero-order valence-corrected chi connectivity index (χ0v) is 8.25. The van der Waals surface area contributed by atoms with Crippen molar-refractivity contribution in [2.24, 2.45) is 0 Å². The van der Waals surface area contributed by atoms with Gasteiger partial charge in [-0.2, -0.15) is 5.26 Å². The number of hydrogen-bond acceptors (Lipinski definition) is 3. The van der Waals surface area contributed by atoms with E-state index in [0.717, 1.165) is 24.2 Å². The van der Waals surface area contributed by atoms with Crippen molar-refractivity contribution < 1.29 is 0 Å². The number of rotatable bonds is 4. The molecule has 1 rings (SSSR count). The van der Waals surface area contributed by atoms with Gasteiger partial charge in [0, 0.05) is 6.54 Å². The van der Waals surface area contributed by atoms with Gasteiger partial charge in [0.05, 0.1) is 11.9 Å². The summed E-state index contributed by atoms with van der Waals surface area (Å²) in [6.07, 6.45) is 2.61. The summed E-state index contributed by atoms with van der Waals surface area (Å²) >= 11 is 0. The second kappa shape index (κ2) is 5.03. The minimum Gasteiger partial charge on any atom is -0.383 e. The van der Waals surface area contributed by atoms with Crippen molar-refractivity contribution in [2.45, 2.75) is 13.3 Å². The lowest BCUT2D eigenvalue weighted by Gasteiger charge is -2.04. The zero-order chi connectivity index (χ0) is 10.4. The molecule has 0 aromatic carbocycles. The van der Waals surface area contributed by atoms with Crippen LogP contribution in [0.2, 0.25) is 0 Å². The van der Waals surface area contributed by atoms with E-state index in [1.54, 1.807) is 12.3 Å². The summed E-state index contributed by atoms with van der Waals surface area (Å²) in [5.41, 5.74) is 2.53. The Morgan fingerprint density at radius 1 is 1.64 bits per heavy atom. The van der Waals surface area contributed by atoms with Gasteiger partial charge in [-0.1, -0.05) is 5.57 Å². The maximum Gasteiger partial charge on any atom is 0.140 e. The summed E-state index contributed by atoms with van der Waals surface area (Å²) in [5, 5.41) is 11.7. The Kier molecular flexibility index (Phi) is 3.69. The van der Waals surface area contributed by atoms with Crippen LogP contribution in [0.1, 0.15) is 19.0 Å². The third-order valence-electron chi connectivity index (χ3n) is 1.76. The Morgan fingerprint density at radius 2 is 2.43 bits per heavy atom. The van der Waals surface area contributed by atoms with Crippen LogP contribution in [0.3, 0.4) is 0 Å². The van der Waals surface area contributed by atoms with Gasteiger partial charge in [0.25, 0.3) is 0 Å². The molecule has 14 heavy (non-hydrogen) atoms. The van der Waals surface area contributed by atoms with Crippen LogP contribution >= 0.6 is 0 Å². The van der Waals surface area contributed by atoms with Crippen molar-refractivity contribution >= 4 is 5.69 Å². The second-order valence-electron chi connectivity index (χ2n) is 3.18. The first kappa shape index (κ1) is 10.3. The molecule has 1 aromatic heterocycles. The largest absolute Gasteiger partial charge is 0.383 e. The number of nitrogens with one attached hydrogen (secondary N) is 1. The third kappa shape index (κ3) is 3.28. The topological polar surface area (TPSA) is 48.7 Å². The minimum atomic E-state index is 0.440. The molecule has 3 nitrogen and oxygen atoms in total. The van der Waals surface area contributed by atoms with Gasteiger partial charge in [-0.25, -0.2) is 4.98 Å². The second-order valence-corrected chi connectivity index (χ2v) is 3.18. The van der Waals surface area contributed by atoms with Crippen LogP contribution in [0.4, 0.5) is 5.69 Å². The molecule has 0 radical (unpaired) electrons. The molecule has 0 bridgehead atoms. The van der Waals surface area contributed by atoms with Crippen LogP contribution in [0.15, 0.2) is 30.5 Å². The minimum absolute atomic E-state index is 0.440. The molecule has 0 unspecified atom stereocenters. The number of hydrogen-bond donors (Lipinski definition) is 1. The first-order chi connectivity index (χ1) is 6.72. The van der Waals surface area contributed by atoms with Crippen LogP contribution in [-0.2, 0) is 0 Å². The van der Waals surface area contributed by atoms with E-state index >= 15 is 0 Å². The van der Waals surface area contributed by atoms with Crippen molar-refractivity contribution in [1.82, 2.24) is 4.98 Å². The molecule has 0 spiro atoms.